The van der Waals surface area contributed by atoms with Gasteiger partial charge < -0.3 is 4.98 Å². The molecule has 3 heteroatoms. The summed E-state index contributed by atoms with van der Waals surface area (Å²) in [7, 11) is 0. The standard InChI is InChI=1S/C5H8N2.ClH/c1-4-5(2)7-3-6-4;/h3H,1-2H3,(H,6,7);1H. The molecule has 1 heterocycles. The van der Waals surface area contributed by atoms with E-state index in [9.17, 15) is 0 Å². The zero-order valence-electron chi connectivity index (χ0n) is 4.93. The van der Waals surface area contributed by atoms with Crippen LogP contribution in [-0.4, -0.2) is 9.97 Å². The Morgan fingerprint density at radius 2 is 2.12 bits per heavy atom. The molecule has 0 aliphatic rings. The molecule has 8 heavy (non-hydrogen) atoms. The molecule has 0 amide bonds. The third kappa shape index (κ3) is 1.23. The van der Waals surface area contributed by atoms with Gasteiger partial charge in [0.25, 0.3) is 0 Å². The van der Waals surface area contributed by atoms with Crippen molar-refractivity contribution in [2.45, 2.75) is 13.8 Å². The van der Waals surface area contributed by atoms with Crippen molar-refractivity contribution in [2.24, 2.45) is 0 Å². The first-order valence-electron chi connectivity index (χ1n) is 2.27. The van der Waals surface area contributed by atoms with E-state index in [0.717, 1.165) is 11.4 Å². The van der Waals surface area contributed by atoms with E-state index >= 15 is 0 Å². The molecule has 1 aromatic heterocycles. The van der Waals surface area contributed by atoms with Gasteiger partial charge in [0.15, 0.2) is 0 Å². The van der Waals surface area contributed by atoms with Crippen molar-refractivity contribution in [3.63, 3.8) is 0 Å². The zero-order valence-corrected chi connectivity index (χ0v) is 5.75. The second kappa shape index (κ2) is 2.72. The highest BCUT2D eigenvalue weighted by Crippen LogP contribution is 1.94. The highest BCUT2D eigenvalue weighted by Gasteiger charge is 1.87. The van der Waals surface area contributed by atoms with Crippen LogP contribution in [0.1, 0.15) is 11.4 Å². The molecule has 0 saturated heterocycles. The number of nitrogens with one attached hydrogen (secondary N) is 1. The average Bonchev–Trinajstić information content (AvgIpc) is 1.91. The van der Waals surface area contributed by atoms with Gasteiger partial charge in [0.2, 0.25) is 0 Å². The molecule has 0 saturated carbocycles. The van der Waals surface area contributed by atoms with E-state index in [1.807, 2.05) is 13.8 Å². The van der Waals surface area contributed by atoms with E-state index < -0.39 is 0 Å². The van der Waals surface area contributed by atoms with Gasteiger partial charge in [-0.3, -0.25) is 0 Å². The third-order valence-electron chi connectivity index (χ3n) is 1.08. The molecule has 0 radical (unpaired) electrons. The lowest BCUT2D eigenvalue weighted by Crippen LogP contribution is -1.71. The molecule has 1 rings (SSSR count). The Balaban J connectivity index is 0.000000490. The van der Waals surface area contributed by atoms with Gasteiger partial charge in [-0.05, 0) is 13.8 Å². The van der Waals surface area contributed by atoms with Gasteiger partial charge in [-0.1, -0.05) is 0 Å². The van der Waals surface area contributed by atoms with Gasteiger partial charge in [-0.25, -0.2) is 4.98 Å². The number of H-pyrrole nitrogens is 1. The molecule has 0 unspecified atom stereocenters. The minimum absolute atomic E-state index is 0. The van der Waals surface area contributed by atoms with Crippen molar-refractivity contribution >= 4 is 12.4 Å². The van der Waals surface area contributed by atoms with Crippen molar-refractivity contribution in [3.8, 4) is 0 Å². The number of imidazole rings is 1. The topological polar surface area (TPSA) is 28.7 Å². The maximum atomic E-state index is 3.96. The van der Waals surface area contributed by atoms with Gasteiger partial charge in [-0.2, -0.15) is 0 Å². The van der Waals surface area contributed by atoms with Gasteiger partial charge >= 0.3 is 0 Å². The fourth-order valence-electron chi connectivity index (χ4n) is 0.427. The van der Waals surface area contributed by atoms with Crippen LogP contribution < -0.4 is 0 Å². The Morgan fingerprint density at radius 1 is 1.50 bits per heavy atom. The van der Waals surface area contributed by atoms with E-state index in [1.165, 1.54) is 0 Å². The predicted octanol–water partition coefficient (Wildman–Crippen LogP) is 1.45. The minimum atomic E-state index is 0. The van der Waals surface area contributed by atoms with Crippen LogP contribution in [0, 0.1) is 13.8 Å². The highest BCUT2D eigenvalue weighted by molar-refractivity contribution is 5.85. The van der Waals surface area contributed by atoms with Gasteiger partial charge in [-0.15, -0.1) is 12.4 Å². The second-order valence-electron chi connectivity index (χ2n) is 1.61. The summed E-state index contributed by atoms with van der Waals surface area (Å²) in [5.74, 6) is 0. The maximum Gasteiger partial charge on any atom is 0.0925 e. The molecule has 2 nitrogen and oxygen atoms in total. The maximum absolute atomic E-state index is 3.96. The summed E-state index contributed by atoms with van der Waals surface area (Å²) in [6, 6.07) is 0. The summed E-state index contributed by atoms with van der Waals surface area (Å²) in [5.41, 5.74) is 2.24. The summed E-state index contributed by atoms with van der Waals surface area (Å²) in [6.07, 6.45) is 1.70. The molecule has 1 aromatic rings. The lowest BCUT2D eigenvalue weighted by atomic mass is 10.4. The number of nitrogens with zero attached hydrogens (tertiary/aromatic N) is 1. The Hall–Kier alpha value is -0.500. The van der Waals surface area contributed by atoms with Crippen LogP contribution in [0.3, 0.4) is 0 Å². The molecule has 0 bridgehead atoms. The zero-order chi connectivity index (χ0) is 5.28. The Morgan fingerprint density at radius 3 is 2.25 bits per heavy atom. The molecule has 46 valence electrons. The summed E-state index contributed by atoms with van der Waals surface area (Å²) in [6.45, 7) is 3.98. The van der Waals surface area contributed by atoms with Crippen LogP contribution in [0.15, 0.2) is 6.33 Å². The van der Waals surface area contributed by atoms with E-state index in [1.54, 1.807) is 6.33 Å². The van der Waals surface area contributed by atoms with Crippen LogP contribution in [-0.2, 0) is 0 Å². The van der Waals surface area contributed by atoms with E-state index in [-0.39, 0.29) is 12.4 Å². The monoisotopic (exact) mass is 132 g/mol. The Kier molecular flexibility index (Phi) is 2.55. The fraction of sp³-hybridized carbons (Fsp3) is 0.400. The predicted molar refractivity (Wildman–Crippen MR) is 35.3 cm³/mol. The number of aromatic nitrogens is 2. The van der Waals surface area contributed by atoms with Gasteiger partial charge in [0, 0.05) is 5.69 Å². The molecule has 0 fully saturated rings. The average molecular weight is 133 g/mol. The Bertz CT molecular complexity index is 143. The van der Waals surface area contributed by atoms with Crippen molar-refractivity contribution in [1.82, 2.24) is 9.97 Å². The normalized spacial score (nSPS) is 8.25. The van der Waals surface area contributed by atoms with Crippen LogP contribution >= 0.6 is 12.4 Å². The SMILES string of the molecule is Cc1nc[nH]c1C.Cl. The number of halogens is 1. The van der Waals surface area contributed by atoms with Crippen LogP contribution in [0.25, 0.3) is 0 Å². The van der Waals surface area contributed by atoms with Gasteiger partial charge in [0.1, 0.15) is 0 Å². The van der Waals surface area contributed by atoms with Crippen molar-refractivity contribution in [3.05, 3.63) is 17.7 Å². The quantitative estimate of drug-likeness (QED) is 0.569. The van der Waals surface area contributed by atoms with Gasteiger partial charge in [0.05, 0.1) is 12.0 Å². The second-order valence-corrected chi connectivity index (χ2v) is 1.61. The number of aromatic amines is 1. The molecule has 1 N–H and O–H groups in total. The lowest BCUT2D eigenvalue weighted by Gasteiger charge is -1.79. The molecule has 0 spiro atoms. The highest BCUT2D eigenvalue weighted by atomic mass is 35.5. The number of hydrogen-bond donors (Lipinski definition) is 1. The molecule has 0 aromatic carbocycles. The van der Waals surface area contributed by atoms with E-state index in [2.05, 4.69) is 9.97 Å². The Labute approximate surface area is 54.7 Å². The van der Waals surface area contributed by atoms with Crippen LogP contribution in [0.2, 0.25) is 0 Å². The first-order valence-corrected chi connectivity index (χ1v) is 2.27. The van der Waals surface area contributed by atoms with Crippen molar-refractivity contribution in [2.75, 3.05) is 0 Å². The summed E-state index contributed by atoms with van der Waals surface area (Å²) in [5, 5.41) is 0. The lowest BCUT2D eigenvalue weighted by molar-refractivity contribution is 1.22. The number of hydrogen-bond acceptors (Lipinski definition) is 1. The van der Waals surface area contributed by atoms with Crippen LogP contribution in [0.4, 0.5) is 0 Å². The summed E-state index contributed by atoms with van der Waals surface area (Å²) < 4.78 is 0. The third-order valence-corrected chi connectivity index (χ3v) is 1.08. The molecule has 0 atom stereocenters. The van der Waals surface area contributed by atoms with Crippen molar-refractivity contribution in [1.29, 1.82) is 0 Å². The largest absolute Gasteiger partial charge is 0.348 e. The van der Waals surface area contributed by atoms with E-state index in [4.69, 9.17) is 0 Å². The number of rotatable bonds is 0. The molecular weight excluding hydrogens is 124 g/mol. The fourth-order valence-corrected chi connectivity index (χ4v) is 0.427. The van der Waals surface area contributed by atoms with Crippen LogP contribution in [0.5, 0.6) is 0 Å². The first kappa shape index (κ1) is 7.50. The summed E-state index contributed by atoms with van der Waals surface area (Å²) >= 11 is 0. The van der Waals surface area contributed by atoms with E-state index in [0.29, 0.717) is 0 Å². The first-order chi connectivity index (χ1) is 3.30. The molecular formula is C5H9ClN2. The minimum Gasteiger partial charge on any atom is -0.348 e. The molecule has 0 aliphatic heterocycles. The summed E-state index contributed by atoms with van der Waals surface area (Å²) in [4.78, 5) is 6.92. The van der Waals surface area contributed by atoms with Crippen molar-refractivity contribution < 1.29 is 0 Å². The molecule has 0 aliphatic carbocycles. The number of aryl methyl sites for hydroxylation is 2. The smallest absolute Gasteiger partial charge is 0.0925 e.